The van der Waals surface area contributed by atoms with E-state index in [0.29, 0.717) is 34.3 Å². The smallest absolute Gasteiger partial charge is 0.169 e. The van der Waals surface area contributed by atoms with E-state index in [1.54, 1.807) is 6.34 Å². The first-order valence-corrected chi connectivity index (χ1v) is 13.3. The number of rotatable bonds is 8. The number of hydrogen-bond donors (Lipinski definition) is 3. The Morgan fingerprint density at radius 2 is 1.89 bits per heavy atom. The molecule has 0 saturated carbocycles. The van der Waals surface area contributed by atoms with E-state index in [2.05, 4.69) is 71.2 Å². The van der Waals surface area contributed by atoms with Crippen LogP contribution in [0.1, 0.15) is 65.5 Å². The number of anilines is 2. The Morgan fingerprint density at radius 3 is 2.51 bits per heavy atom. The molecule has 2 aromatic rings. The number of terminal acetylenes is 1. The Balaban J connectivity index is 0.00000163. The maximum atomic E-state index is 9.53. The average molecular weight is 514 g/mol. The minimum Gasteiger partial charge on any atom is -0.354 e. The average Bonchev–Trinajstić information content (AvgIpc) is 3.17. The van der Waals surface area contributed by atoms with Crippen molar-refractivity contribution in [2.24, 2.45) is 10.9 Å². The largest absolute Gasteiger partial charge is 0.354 e. The molecule has 37 heavy (non-hydrogen) atoms. The van der Waals surface area contributed by atoms with Gasteiger partial charge in [0.1, 0.15) is 6.07 Å². The highest BCUT2D eigenvalue weighted by atomic mass is 32.1. The van der Waals surface area contributed by atoms with Crippen LogP contribution in [0, 0.1) is 29.6 Å². The minimum absolute atomic E-state index is 0.382. The van der Waals surface area contributed by atoms with Crippen LogP contribution in [0.25, 0.3) is 0 Å². The molecule has 194 valence electrons. The minimum atomic E-state index is 0.382. The molecule has 1 aromatic carbocycles. The van der Waals surface area contributed by atoms with Gasteiger partial charge < -0.3 is 10.6 Å². The van der Waals surface area contributed by atoms with Crippen LogP contribution in [0.5, 0.6) is 0 Å². The summed E-state index contributed by atoms with van der Waals surface area (Å²) < 4.78 is 0. The predicted molar refractivity (Wildman–Crippen MR) is 163 cm³/mol. The molecule has 0 saturated heterocycles. The van der Waals surface area contributed by atoms with Crippen molar-refractivity contribution in [2.75, 3.05) is 10.6 Å². The standard InChI is InChI=1S/C27H27N5S.2C2H6/c1-4-20-6-5-7-24(15-10-20)32-25-22(16-28)17-29-27(26(25)33)31-18-30-23-13-11-21(12-14-23)9-8-19(2)3;2*1-2/h1,5-7,11-15,17-19,33H,8-10H2,2-3H3,(H2,29,30,31,32);2*1-2H3. The zero-order valence-electron chi connectivity index (χ0n) is 22.8. The number of pyridine rings is 1. The fraction of sp³-hybridized carbons (Fsp3) is 0.323. The second kappa shape index (κ2) is 17.7. The lowest BCUT2D eigenvalue weighted by molar-refractivity contribution is 0.587. The number of benzene rings is 1. The Hall–Kier alpha value is -3.74. The number of thiol groups is 1. The Bertz CT molecular complexity index is 1190. The fourth-order valence-corrected chi connectivity index (χ4v) is 3.45. The van der Waals surface area contributed by atoms with Crippen molar-refractivity contribution >= 4 is 36.2 Å². The third-order valence-corrected chi connectivity index (χ3v) is 5.53. The highest BCUT2D eigenvalue weighted by Gasteiger charge is 2.13. The molecule has 0 radical (unpaired) electrons. The summed E-state index contributed by atoms with van der Waals surface area (Å²) in [6.07, 6.45) is 19.1. The normalized spacial score (nSPS) is 12.1. The molecule has 1 heterocycles. The van der Waals surface area contributed by atoms with Gasteiger partial charge in [0.2, 0.25) is 0 Å². The van der Waals surface area contributed by atoms with E-state index in [1.807, 2.05) is 64.1 Å². The van der Waals surface area contributed by atoms with Gasteiger partial charge in [-0.3, -0.25) is 0 Å². The molecular weight excluding hydrogens is 474 g/mol. The van der Waals surface area contributed by atoms with Crippen molar-refractivity contribution in [2.45, 2.75) is 65.7 Å². The Morgan fingerprint density at radius 1 is 1.19 bits per heavy atom. The highest BCUT2D eigenvalue weighted by Crippen LogP contribution is 2.32. The van der Waals surface area contributed by atoms with Gasteiger partial charge in [0.25, 0.3) is 0 Å². The summed E-state index contributed by atoms with van der Waals surface area (Å²) in [7, 11) is 0. The number of nitriles is 1. The number of hydrogen-bond acceptors (Lipinski definition) is 5. The van der Waals surface area contributed by atoms with Crippen LogP contribution in [-0.2, 0) is 6.42 Å². The van der Waals surface area contributed by atoms with Gasteiger partial charge in [0.15, 0.2) is 5.82 Å². The monoisotopic (exact) mass is 513 g/mol. The first-order valence-electron chi connectivity index (χ1n) is 12.8. The number of aliphatic imine (C=N–C) groups is 1. The number of allylic oxidation sites excluding steroid dienone is 5. The van der Waals surface area contributed by atoms with Crippen molar-refractivity contribution < 1.29 is 0 Å². The Labute approximate surface area is 228 Å². The highest BCUT2D eigenvalue weighted by molar-refractivity contribution is 7.80. The van der Waals surface area contributed by atoms with E-state index in [9.17, 15) is 5.26 Å². The quantitative estimate of drug-likeness (QED) is 0.143. The molecule has 0 unspecified atom stereocenters. The first kappa shape index (κ1) is 31.3. The third kappa shape index (κ3) is 10.4. The Kier molecular flexibility index (Phi) is 14.9. The van der Waals surface area contributed by atoms with Crippen LogP contribution in [0.15, 0.2) is 75.9 Å². The van der Waals surface area contributed by atoms with Crippen LogP contribution in [0.2, 0.25) is 0 Å². The molecule has 5 nitrogen and oxygen atoms in total. The van der Waals surface area contributed by atoms with Crippen LogP contribution < -0.4 is 10.6 Å². The molecule has 0 amide bonds. The molecule has 0 atom stereocenters. The van der Waals surface area contributed by atoms with Crippen LogP contribution >= 0.6 is 12.6 Å². The lowest BCUT2D eigenvalue weighted by atomic mass is 10.0. The van der Waals surface area contributed by atoms with Crippen molar-refractivity contribution in [1.82, 2.24) is 4.98 Å². The molecule has 0 aliphatic heterocycles. The number of aryl methyl sites for hydroxylation is 1. The van der Waals surface area contributed by atoms with Gasteiger partial charge in [-0.15, -0.1) is 19.1 Å². The van der Waals surface area contributed by atoms with E-state index in [0.717, 1.165) is 23.4 Å². The summed E-state index contributed by atoms with van der Waals surface area (Å²) in [5.74, 6) is 3.75. The summed E-state index contributed by atoms with van der Waals surface area (Å²) in [6, 6.07) is 10.5. The van der Waals surface area contributed by atoms with E-state index in [-0.39, 0.29) is 0 Å². The van der Waals surface area contributed by atoms with E-state index in [4.69, 9.17) is 6.42 Å². The van der Waals surface area contributed by atoms with Gasteiger partial charge in [0, 0.05) is 29.6 Å². The predicted octanol–water partition coefficient (Wildman–Crippen LogP) is 8.47. The van der Waals surface area contributed by atoms with Crippen molar-refractivity contribution in [3.63, 3.8) is 0 Å². The van der Waals surface area contributed by atoms with Gasteiger partial charge >= 0.3 is 0 Å². The second-order valence-electron chi connectivity index (χ2n) is 8.05. The van der Waals surface area contributed by atoms with Crippen molar-refractivity contribution in [3.05, 3.63) is 77.2 Å². The number of nitrogens with zero attached hydrogens (tertiary/aromatic N) is 3. The maximum Gasteiger partial charge on any atom is 0.169 e. The fourth-order valence-electron chi connectivity index (χ4n) is 3.16. The lowest BCUT2D eigenvalue weighted by Gasteiger charge is -2.12. The molecule has 3 rings (SSSR count). The van der Waals surface area contributed by atoms with Gasteiger partial charge in [-0.25, -0.2) is 9.98 Å². The van der Waals surface area contributed by atoms with Crippen molar-refractivity contribution in [1.29, 1.82) is 5.26 Å². The molecule has 0 bridgehead atoms. The van der Waals surface area contributed by atoms with E-state index in [1.165, 1.54) is 18.2 Å². The number of aromatic nitrogens is 1. The summed E-state index contributed by atoms with van der Waals surface area (Å²) in [5, 5.41) is 16.0. The van der Waals surface area contributed by atoms with Gasteiger partial charge in [-0.1, -0.05) is 77.8 Å². The third-order valence-electron chi connectivity index (χ3n) is 5.11. The second-order valence-corrected chi connectivity index (χ2v) is 8.49. The molecule has 1 aliphatic carbocycles. The molecule has 1 aliphatic rings. The van der Waals surface area contributed by atoms with Gasteiger partial charge in [-0.2, -0.15) is 5.26 Å². The molecule has 1 aromatic heterocycles. The zero-order valence-corrected chi connectivity index (χ0v) is 23.7. The van der Waals surface area contributed by atoms with Crippen LogP contribution in [0.3, 0.4) is 0 Å². The molecular formula is C31H39N5S. The van der Waals surface area contributed by atoms with Gasteiger partial charge in [-0.05, 0) is 42.5 Å². The molecule has 0 spiro atoms. The van der Waals surface area contributed by atoms with Gasteiger partial charge in [0.05, 0.1) is 22.5 Å². The van der Waals surface area contributed by atoms with Crippen LogP contribution in [0.4, 0.5) is 17.2 Å². The lowest BCUT2D eigenvalue weighted by Crippen LogP contribution is -2.02. The maximum absolute atomic E-state index is 9.53. The van der Waals surface area contributed by atoms with Crippen LogP contribution in [-0.4, -0.2) is 11.3 Å². The molecule has 2 N–H and O–H groups in total. The summed E-state index contributed by atoms with van der Waals surface area (Å²) >= 11 is 4.60. The van der Waals surface area contributed by atoms with E-state index < -0.39 is 0 Å². The summed E-state index contributed by atoms with van der Waals surface area (Å²) in [6.45, 7) is 12.5. The van der Waals surface area contributed by atoms with Crippen molar-refractivity contribution in [3.8, 4) is 18.4 Å². The number of nitrogens with one attached hydrogen (secondary N) is 2. The molecule has 0 fully saturated rings. The summed E-state index contributed by atoms with van der Waals surface area (Å²) in [5.41, 5.74) is 4.89. The SMILES string of the molecule is C#CC1=CC=CC(Nc2c(C#N)cnc(N=CNc3ccc(CCC(C)C)cc3)c2S)=CC1.CC.CC. The topological polar surface area (TPSA) is 73.1 Å². The first-order chi connectivity index (χ1) is 18.0. The van der Waals surface area contributed by atoms with E-state index >= 15 is 0 Å². The molecule has 6 heteroatoms. The summed E-state index contributed by atoms with van der Waals surface area (Å²) in [4.78, 5) is 9.18. The zero-order chi connectivity index (χ0) is 27.6.